The Morgan fingerprint density at radius 3 is 2.75 bits per heavy atom. The molecule has 8 heteroatoms. The number of amides is 1. The summed E-state index contributed by atoms with van der Waals surface area (Å²) in [5.74, 6) is 4.51. The van der Waals surface area contributed by atoms with Crippen molar-refractivity contribution in [2.45, 2.75) is 6.92 Å². The molecule has 16 heavy (non-hydrogen) atoms. The molecule has 0 saturated heterocycles. The van der Waals surface area contributed by atoms with Gasteiger partial charge in [0.15, 0.2) is 0 Å². The molecule has 0 aliphatic rings. The van der Waals surface area contributed by atoms with E-state index < -0.39 is 14.2 Å². The van der Waals surface area contributed by atoms with E-state index in [1.807, 2.05) is 0 Å². The molecule has 0 fully saturated rings. The predicted molar refractivity (Wildman–Crippen MR) is 55.8 cm³/mol. The molecule has 0 bridgehead atoms. The minimum absolute atomic E-state index is 0.0920. The molecule has 7 nitrogen and oxygen atoms in total. The van der Waals surface area contributed by atoms with Crippen molar-refractivity contribution in [3.8, 4) is 0 Å². The standard InChI is InChI=1S/C8H11AsN2O5/c1-6(12)11-8-4-2-3-7(5-8)9(13,15-10)16-14/h2-5,14H,10H2,1H3,(H,11,12). The van der Waals surface area contributed by atoms with Crippen LogP contribution in [0.5, 0.6) is 0 Å². The second-order valence-corrected chi connectivity index (χ2v) is 6.87. The summed E-state index contributed by atoms with van der Waals surface area (Å²) in [6.45, 7) is 1.33. The number of rotatable bonds is 4. The average molecular weight is 290 g/mol. The van der Waals surface area contributed by atoms with Gasteiger partial charge in [-0.25, -0.2) is 0 Å². The van der Waals surface area contributed by atoms with Crippen molar-refractivity contribution >= 4 is 30.1 Å². The van der Waals surface area contributed by atoms with E-state index in [0.29, 0.717) is 5.69 Å². The van der Waals surface area contributed by atoms with E-state index in [4.69, 9.17) is 11.2 Å². The molecule has 88 valence electrons. The Labute approximate surface area is 94.4 Å². The first-order chi connectivity index (χ1) is 7.51. The van der Waals surface area contributed by atoms with Crippen molar-refractivity contribution in [1.82, 2.24) is 0 Å². The van der Waals surface area contributed by atoms with Gasteiger partial charge in [-0.1, -0.05) is 0 Å². The fourth-order valence-corrected chi connectivity index (χ4v) is 2.81. The number of nitrogens with two attached hydrogens (primary N) is 1. The Balaban J connectivity index is 3.07. The van der Waals surface area contributed by atoms with Crippen LogP contribution in [0.15, 0.2) is 24.3 Å². The molecule has 0 spiro atoms. The topological polar surface area (TPSA) is 111 Å². The first-order valence-electron chi connectivity index (χ1n) is 4.22. The van der Waals surface area contributed by atoms with E-state index in [9.17, 15) is 8.53 Å². The fourth-order valence-electron chi connectivity index (χ4n) is 1.08. The quantitative estimate of drug-likeness (QED) is 0.395. The molecule has 0 aliphatic carbocycles. The van der Waals surface area contributed by atoms with E-state index in [1.54, 1.807) is 6.07 Å². The van der Waals surface area contributed by atoms with Crippen molar-refractivity contribution in [2.75, 3.05) is 5.32 Å². The van der Waals surface area contributed by atoms with Gasteiger partial charge >= 0.3 is 94.0 Å². The Morgan fingerprint density at radius 2 is 2.25 bits per heavy atom. The van der Waals surface area contributed by atoms with Crippen LogP contribution in [0.3, 0.4) is 0 Å². The maximum atomic E-state index is 11.7. The molecule has 0 saturated carbocycles. The second kappa shape index (κ2) is 5.29. The van der Waals surface area contributed by atoms with Crippen LogP contribution in [0, 0.1) is 0 Å². The van der Waals surface area contributed by atoms with Gasteiger partial charge in [0.2, 0.25) is 0 Å². The van der Waals surface area contributed by atoms with Crippen molar-refractivity contribution in [3.63, 3.8) is 0 Å². The van der Waals surface area contributed by atoms with Gasteiger partial charge in [-0.2, -0.15) is 0 Å². The van der Waals surface area contributed by atoms with Crippen LogP contribution in [0.25, 0.3) is 0 Å². The monoisotopic (exact) mass is 290 g/mol. The number of benzene rings is 1. The van der Waals surface area contributed by atoms with Crippen LogP contribution in [-0.2, 0) is 16.2 Å². The second-order valence-electron chi connectivity index (χ2n) is 2.92. The summed E-state index contributed by atoms with van der Waals surface area (Å²) in [4.78, 5) is 10.8. The summed E-state index contributed by atoms with van der Waals surface area (Å²) in [6, 6.07) is 5.87. The molecule has 1 amide bonds. The molecular formula is C8H11AsN2O5. The third-order valence-corrected chi connectivity index (χ3v) is 4.67. The third kappa shape index (κ3) is 2.94. The number of anilines is 1. The molecule has 1 aromatic rings. The van der Waals surface area contributed by atoms with Gasteiger partial charge < -0.3 is 0 Å². The van der Waals surface area contributed by atoms with Crippen LogP contribution in [-0.4, -0.2) is 25.3 Å². The molecule has 1 unspecified atom stereocenters. The maximum absolute atomic E-state index is 11.7. The van der Waals surface area contributed by atoms with E-state index in [-0.39, 0.29) is 10.3 Å². The van der Waals surface area contributed by atoms with Crippen LogP contribution >= 0.6 is 0 Å². The van der Waals surface area contributed by atoms with Crippen LogP contribution in [0.2, 0.25) is 0 Å². The van der Waals surface area contributed by atoms with Gasteiger partial charge in [-0.05, 0) is 0 Å². The molecule has 0 heterocycles. The SMILES string of the molecule is CC(=O)Nc1cccc([As](=O)(ON)OO)c1. The zero-order valence-electron chi connectivity index (χ0n) is 8.41. The van der Waals surface area contributed by atoms with Crippen molar-refractivity contribution in [3.05, 3.63) is 24.3 Å². The third-order valence-electron chi connectivity index (χ3n) is 1.73. The first-order valence-corrected chi connectivity index (χ1v) is 7.45. The predicted octanol–water partition coefficient (Wildman–Crippen LogP) is -0.399. The summed E-state index contributed by atoms with van der Waals surface area (Å²) >= 11 is -4.58. The number of carbonyl (C=O) groups excluding carboxylic acids is 1. The molecule has 0 aromatic heterocycles. The van der Waals surface area contributed by atoms with E-state index in [1.165, 1.54) is 25.1 Å². The Hall–Kier alpha value is -1.11. The molecule has 1 rings (SSSR count). The number of hydrogen-bond donors (Lipinski definition) is 3. The molecule has 4 N–H and O–H groups in total. The van der Waals surface area contributed by atoms with Crippen molar-refractivity contribution in [1.29, 1.82) is 0 Å². The summed E-state index contributed by atoms with van der Waals surface area (Å²) in [7, 11) is 0. The molecule has 0 radical (unpaired) electrons. The van der Waals surface area contributed by atoms with Crippen LogP contribution < -0.4 is 15.6 Å². The molecule has 0 aliphatic heterocycles. The normalized spacial score (nSPS) is 14.2. The minimum atomic E-state index is -4.58. The van der Waals surface area contributed by atoms with E-state index in [2.05, 4.69) is 13.0 Å². The summed E-state index contributed by atoms with van der Waals surface area (Å²) in [6.07, 6.45) is 0. The van der Waals surface area contributed by atoms with Gasteiger partial charge in [0.05, 0.1) is 0 Å². The Bertz CT molecular complexity index is 428. The summed E-state index contributed by atoms with van der Waals surface area (Å²) in [5, 5.41) is 11.0. The van der Waals surface area contributed by atoms with Gasteiger partial charge in [0.1, 0.15) is 0 Å². The summed E-state index contributed by atoms with van der Waals surface area (Å²) in [5.41, 5.74) is 0.403. The first kappa shape index (κ1) is 13.0. The zero-order chi connectivity index (χ0) is 12.2. The van der Waals surface area contributed by atoms with Crippen molar-refractivity contribution < 1.29 is 21.5 Å². The van der Waals surface area contributed by atoms with E-state index >= 15 is 0 Å². The van der Waals surface area contributed by atoms with Crippen LogP contribution in [0.1, 0.15) is 6.92 Å². The molecular weight excluding hydrogens is 279 g/mol. The van der Waals surface area contributed by atoms with Gasteiger partial charge in [-0.3, -0.25) is 0 Å². The molecule has 1 atom stereocenters. The van der Waals surface area contributed by atoms with Gasteiger partial charge in [0, 0.05) is 0 Å². The summed E-state index contributed by atoms with van der Waals surface area (Å²) < 4.78 is 19.8. The van der Waals surface area contributed by atoms with Crippen LogP contribution in [0.4, 0.5) is 5.69 Å². The number of carbonyl (C=O) groups is 1. The van der Waals surface area contributed by atoms with E-state index in [0.717, 1.165) is 0 Å². The Morgan fingerprint density at radius 1 is 1.56 bits per heavy atom. The van der Waals surface area contributed by atoms with Gasteiger partial charge in [0.25, 0.3) is 0 Å². The Kier molecular flexibility index (Phi) is 4.28. The number of hydrogen-bond acceptors (Lipinski definition) is 6. The molecule has 1 aromatic carbocycles. The van der Waals surface area contributed by atoms with Gasteiger partial charge in [-0.15, -0.1) is 0 Å². The van der Waals surface area contributed by atoms with Crippen molar-refractivity contribution in [2.24, 2.45) is 5.90 Å². The average Bonchev–Trinajstić information content (AvgIpc) is 2.27. The fraction of sp³-hybridized carbons (Fsp3) is 0.125. The number of nitrogens with one attached hydrogen (secondary N) is 1. The zero-order valence-corrected chi connectivity index (χ0v) is 10.3.